The molecular weight excluding hydrogens is 436 g/mol. The highest BCUT2D eigenvalue weighted by Gasteiger charge is 2.26. The maximum atomic E-state index is 13.4. The number of hydrogen-bond acceptors (Lipinski definition) is 4. The fourth-order valence-corrected chi connectivity index (χ4v) is 4.75. The van der Waals surface area contributed by atoms with Crippen molar-refractivity contribution < 1.29 is 23.0 Å². The Balaban J connectivity index is 1.50. The first-order valence-electron chi connectivity index (χ1n) is 12.5. The van der Waals surface area contributed by atoms with E-state index in [1.165, 1.54) is 24.3 Å². The van der Waals surface area contributed by atoms with Crippen LogP contribution >= 0.6 is 0 Å². The van der Waals surface area contributed by atoms with Gasteiger partial charge in [0.25, 0.3) is 0 Å². The van der Waals surface area contributed by atoms with Crippen molar-refractivity contribution in [2.24, 2.45) is 11.8 Å². The molecule has 6 heteroatoms. The molecule has 1 fully saturated rings. The summed E-state index contributed by atoms with van der Waals surface area (Å²) in [5.74, 6) is -0.0867. The monoisotopic (exact) mass is 473 g/mol. The number of ether oxygens (including phenoxy) is 2. The van der Waals surface area contributed by atoms with Gasteiger partial charge in [0.1, 0.15) is 17.7 Å². The zero-order valence-electron chi connectivity index (χ0n) is 20.3. The van der Waals surface area contributed by atoms with E-state index in [1.54, 1.807) is 24.3 Å². The van der Waals surface area contributed by atoms with Crippen LogP contribution in [0.25, 0.3) is 0 Å². The number of benzene rings is 2. The first-order valence-corrected chi connectivity index (χ1v) is 12.5. The van der Waals surface area contributed by atoms with Gasteiger partial charge in [0.15, 0.2) is 0 Å². The third-order valence-electron chi connectivity index (χ3n) is 6.62. The summed E-state index contributed by atoms with van der Waals surface area (Å²) in [6, 6.07) is 12.5. The number of rotatable bonds is 12. The molecule has 3 rings (SSSR count). The van der Waals surface area contributed by atoms with Gasteiger partial charge in [0, 0.05) is 6.54 Å². The number of piperidine rings is 1. The van der Waals surface area contributed by atoms with Gasteiger partial charge in [-0.25, -0.2) is 8.78 Å². The Bertz CT molecular complexity index is 819. The van der Waals surface area contributed by atoms with Crippen molar-refractivity contribution in [2.75, 3.05) is 32.8 Å². The van der Waals surface area contributed by atoms with Crippen LogP contribution in [-0.2, 0) is 14.3 Å². The van der Waals surface area contributed by atoms with E-state index in [2.05, 4.69) is 11.8 Å². The van der Waals surface area contributed by atoms with Gasteiger partial charge in [-0.05, 0) is 87.0 Å². The van der Waals surface area contributed by atoms with E-state index in [1.807, 2.05) is 6.92 Å². The molecule has 1 unspecified atom stereocenters. The van der Waals surface area contributed by atoms with Crippen LogP contribution in [0.5, 0.6) is 0 Å². The summed E-state index contributed by atoms with van der Waals surface area (Å²) in [6.45, 7) is 7.68. The highest BCUT2D eigenvalue weighted by atomic mass is 19.1. The summed E-state index contributed by atoms with van der Waals surface area (Å²) in [5.41, 5.74) is 1.68. The van der Waals surface area contributed by atoms with E-state index in [9.17, 15) is 13.6 Å². The SMILES string of the molecule is CCCC(CC1CCN(CCOC(c2ccc(F)cc2)c2ccc(F)cc2)CC1)C(=O)OCC. The van der Waals surface area contributed by atoms with Crippen molar-refractivity contribution in [3.05, 3.63) is 71.3 Å². The first kappa shape index (κ1) is 26.3. The normalized spacial score (nSPS) is 16.0. The highest BCUT2D eigenvalue weighted by molar-refractivity contribution is 5.72. The smallest absolute Gasteiger partial charge is 0.308 e. The lowest BCUT2D eigenvalue weighted by Gasteiger charge is -2.33. The molecule has 1 aliphatic heterocycles. The number of carbonyl (C=O) groups excluding carboxylic acids is 1. The van der Waals surface area contributed by atoms with Crippen molar-refractivity contribution in [2.45, 2.75) is 52.1 Å². The minimum absolute atomic E-state index is 0.0111. The van der Waals surface area contributed by atoms with Crippen molar-refractivity contribution >= 4 is 5.97 Å². The van der Waals surface area contributed by atoms with Gasteiger partial charge in [-0.1, -0.05) is 37.6 Å². The standard InChI is InChI=1S/C28H37F2NO3/c1-3-5-24(28(32)33-4-2)20-21-14-16-31(17-15-21)18-19-34-27(22-6-10-25(29)11-7-22)23-8-12-26(30)13-9-23/h6-13,21,24,27H,3-5,14-20H2,1-2H3. The second-order valence-corrected chi connectivity index (χ2v) is 9.11. The summed E-state index contributed by atoms with van der Waals surface area (Å²) in [6.07, 6.45) is 4.55. The minimum Gasteiger partial charge on any atom is -0.466 e. The number of esters is 1. The van der Waals surface area contributed by atoms with Crippen LogP contribution in [0, 0.1) is 23.5 Å². The fourth-order valence-electron chi connectivity index (χ4n) is 4.75. The Labute approximate surface area is 202 Å². The van der Waals surface area contributed by atoms with E-state index in [-0.39, 0.29) is 29.6 Å². The molecule has 1 aliphatic rings. The molecule has 0 N–H and O–H groups in total. The van der Waals surface area contributed by atoms with Crippen LogP contribution in [-0.4, -0.2) is 43.7 Å². The number of carbonyl (C=O) groups is 1. The van der Waals surface area contributed by atoms with E-state index >= 15 is 0 Å². The molecule has 4 nitrogen and oxygen atoms in total. The van der Waals surface area contributed by atoms with E-state index < -0.39 is 0 Å². The van der Waals surface area contributed by atoms with E-state index in [0.717, 1.165) is 62.9 Å². The lowest BCUT2D eigenvalue weighted by Crippen LogP contribution is -2.37. The molecule has 0 aliphatic carbocycles. The van der Waals surface area contributed by atoms with Gasteiger partial charge in [0.2, 0.25) is 0 Å². The third-order valence-corrected chi connectivity index (χ3v) is 6.62. The van der Waals surface area contributed by atoms with Gasteiger partial charge >= 0.3 is 5.97 Å². The molecule has 0 spiro atoms. The maximum Gasteiger partial charge on any atom is 0.308 e. The highest BCUT2D eigenvalue weighted by Crippen LogP contribution is 2.29. The zero-order valence-corrected chi connectivity index (χ0v) is 20.3. The number of halogens is 2. The Morgan fingerprint density at radius 2 is 1.53 bits per heavy atom. The van der Waals surface area contributed by atoms with Gasteiger partial charge in [0.05, 0.1) is 19.1 Å². The number of likely N-dealkylation sites (tertiary alicyclic amines) is 1. The molecule has 1 saturated heterocycles. The Morgan fingerprint density at radius 3 is 2.03 bits per heavy atom. The van der Waals surface area contributed by atoms with Gasteiger partial charge < -0.3 is 14.4 Å². The summed E-state index contributed by atoms with van der Waals surface area (Å²) in [4.78, 5) is 14.6. The summed E-state index contributed by atoms with van der Waals surface area (Å²) >= 11 is 0. The van der Waals surface area contributed by atoms with Crippen molar-refractivity contribution in [1.82, 2.24) is 4.90 Å². The van der Waals surface area contributed by atoms with Crippen LogP contribution in [0.4, 0.5) is 8.78 Å². The lowest BCUT2D eigenvalue weighted by atomic mass is 9.85. The molecule has 0 bridgehead atoms. The quantitative estimate of drug-likeness (QED) is 0.347. The molecule has 1 heterocycles. The molecule has 2 aromatic rings. The molecule has 0 saturated carbocycles. The van der Waals surface area contributed by atoms with Crippen molar-refractivity contribution in [1.29, 1.82) is 0 Å². The zero-order chi connectivity index (χ0) is 24.3. The van der Waals surface area contributed by atoms with Crippen LogP contribution in [0.3, 0.4) is 0 Å². The van der Waals surface area contributed by atoms with Crippen molar-refractivity contribution in [3.63, 3.8) is 0 Å². The second kappa shape index (κ2) is 13.5. The molecule has 2 aromatic carbocycles. The van der Waals surface area contributed by atoms with Crippen LogP contribution in [0.2, 0.25) is 0 Å². The molecule has 0 amide bonds. The predicted molar refractivity (Wildman–Crippen MR) is 129 cm³/mol. The summed E-state index contributed by atoms with van der Waals surface area (Å²) in [5, 5.41) is 0. The average Bonchev–Trinajstić information content (AvgIpc) is 2.84. The molecule has 34 heavy (non-hydrogen) atoms. The van der Waals surface area contributed by atoms with Gasteiger partial charge in [-0.2, -0.15) is 0 Å². The second-order valence-electron chi connectivity index (χ2n) is 9.11. The maximum absolute atomic E-state index is 13.4. The lowest BCUT2D eigenvalue weighted by molar-refractivity contribution is -0.149. The summed E-state index contributed by atoms with van der Waals surface area (Å²) < 4.78 is 38.3. The Morgan fingerprint density at radius 1 is 0.971 bits per heavy atom. The van der Waals surface area contributed by atoms with Crippen LogP contribution in [0.15, 0.2) is 48.5 Å². The Kier molecular flexibility index (Phi) is 10.5. The van der Waals surface area contributed by atoms with Crippen LogP contribution < -0.4 is 0 Å². The molecule has 0 aromatic heterocycles. The van der Waals surface area contributed by atoms with Crippen molar-refractivity contribution in [3.8, 4) is 0 Å². The van der Waals surface area contributed by atoms with E-state index in [0.29, 0.717) is 19.1 Å². The third kappa shape index (κ3) is 7.88. The average molecular weight is 474 g/mol. The summed E-state index contributed by atoms with van der Waals surface area (Å²) in [7, 11) is 0. The van der Waals surface area contributed by atoms with Crippen LogP contribution in [0.1, 0.15) is 63.2 Å². The van der Waals surface area contributed by atoms with Gasteiger partial charge in [-0.15, -0.1) is 0 Å². The fraction of sp³-hybridized carbons (Fsp3) is 0.536. The minimum atomic E-state index is -0.377. The topological polar surface area (TPSA) is 38.8 Å². The number of hydrogen-bond donors (Lipinski definition) is 0. The van der Waals surface area contributed by atoms with Gasteiger partial charge in [-0.3, -0.25) is 4.79 Å². The molecular formula is C28H37F2NO3. The van der Waals surface area contributed by atoms with E-state index in [4.69, 9.17) is 9.47 Å². The molecule has 1 atom stereocenters. The molecule has 186 valence electrons. The predicted octanol–water partition coefficient (Wildman–Crippen LogP) is 6.15. The molecule has 0 radical (unpaired) electrons. The Hall–Kier alpha value is -2.31. The number of nitrogens with zero attached hydrogens (tertiary/aromatic N) is 1. The largest absolute Gasteiger partial charge is 0.466 e. The first-order chi connectivity index (χ1) is 16.5.